The summed E-state index contributed by atoms with van der Waals surface area (Å²) in [4.78, 5) is 9.30. The lowest BCUT2D eigenvalue weighted by Gasteiger charge is -2.25. The summed E-state index contributed by atoms with van der Waals surface area (Å²) in [5.74, 6) is 0.940. The van der Waals surface area contributed by atoms with Crippen LogP contribution >= 0.6 is 0 Å². The number of nitrogens with zero attached hydrogens (tertiary/aromatic N) is 2. The summed E-state index contributed by atoms with van der Waals surface area (Å²) in [6.07, 6.45) is 2.39. The van der Waals surface area contributed by atoms with E-state index in [-0.39, 0.29) is 5.82 Å². The summed E-state index contributed by atoms with van der Waals surface area (Å²) in [6, 6.07) is 6.35. The van der Waals surface area contributed by atoms with Gasteiger partial charge in [-0.2, -0.15) is 0 Å². The minimum Gasteiger partial charge on any atom is -0.316 e. The van der Waals surface area contributed by atoms with Crippen LogP contribution in [-0.2, 0) is 0 Å². The second-order valence-electron chi connectivity index (χ2n) is 5.68. The monoisotopic (exact) mass is 285 g/mol. The quantitative estimate of drug-likeness (QED) is 0.919. The molecule has 3 rings (SSSR count). The lowest BCUT2D eigenvalue weighted by atomic mass is 9.89. The summed E-state index contributed by atoms with van der Waals surface area (Å²) in [5, 5.41) is 3.44. The Hall–Kier alpha value is -1.81. The number of aromatic nitrogens is 2. The average Bonchev–Trinajstić information content (AvgIpc) is 2.48. The molecule has 0 bridgehead atoms. The lowest BCUT2D eigenvalue weighted by molar-refractivity contribution is 0.457. The zero-order valence-corrected chi connectivity index (χ0v) is 12.5. The van der Waals surface area contributed by atoms with Gasteiger partial charge in [-0.05, 0) is 69.0 Å². The number of hydrogen-bond donors (Lipinski definition) is 1. The Morgan fingerprint density at radius 1 is 1.10 bits per heavy atom. The first-order valence-electron chi connectivity index (χ1n) is 7.47. The van der Waals surface area contributed by atoms with Gasteiger partial charge in [0.05, 0.1) is 0 Å². The van der Waals surface area contributed by atoms with Crippen molar-refractivity contribution in [3.63, 3.8) is 0 Å². The van der Waals surface area contributed by atoms with E-state index >= 15 is 0 Å². The summed E-state index contributed by atoms with van der Waals surface area (Å²) in [5.41, 5.74) is 4.20. The fraction of sp³-hybridized carbons (Fsp3) is 0.412. The van der Waals surface area contributed by atoms with Crippen molar-refractivity contribution in [1.29, 1.82) is 0 Å². The highest BCUT2D eigenvalue weighted by atomic mass is 19.1. The van der Waals surface area contributed by atoms with Crippen LogP contribution in [0.3, 0.4) is 0 Å². The normalized spacial score (nSPS) is 18.7. The first-order valence-corrected chi connectivity index (χ1v) is 7.47. The third-order valence-electron chi connectivity index (χ3n) is 4.13. The molecule has 1 unspecified atom stereocenters. The Kier molecular flexibility index (Phi) is 3.97. The fourth-order valence-corrected chi connectivity index (χ4v) is 3.14. The lowest BCUT2D eigenvalue weighted by Crippen LogP contribution is -2.29. The summed E-state index contributed by atoms with van der Waals surface area (Å²) >= 11 is 0. The number of benzene rings is 1. The average molecular weight is 285 g/mol. The summed E-state index contributed by atoms with van der Waals surface area (Å²) in [6.45, 7) is 6.20. The molecule has 1 aromatic heterocycles. The van der Waals surface area contributed by atoms with Crippen molar-refractivity contribution in [2.24, 2.45) is 0 Å². The molecule has 1 aliphatic heterocycles. The number of rotatable bonds is 2. The molecule has 0 saturated carbocycles. The third-order valence-corrected chi connectivity index (χ3v) is 4.13. The molecular formula is C17H20FN3. The standard InChI is InChI=1S/C17H20FN3/c1-11-16(14-4-3-9-19-10-14)12(2)21-17(20-11)13-5-7-15(18)8-6-13/h5-8,14,19H,3-4,9-10H2,1-2H3. The molecule has 1 aromatic carbocycles. The Morgan fingerprint density at radius 2 is 1.76 bits per heavy atom. The van der Waals surface area contributed by atoms with Gasteiger partial charge in [-0.3, -0.25) is 0 Å². The molecule has 0 radical (unpaired) electrons. The van der Waals surface area contributed by atoms with Crippen LogP contribution in [0, 0.1) is 19.7 Å². The number of nitrogens with one attached hydrogen (secondary N) is 1. The van der Waals surface area contributed by atoms with Crippen molar-refractivity contribution in [2.75, 3.05) is 13.1 Å². The van der Waals surface area contributed by atoms with E-state index in [0.717, 1.165) is 30.0 Å². The number of piperidine rings is 1. The number of halogens is 1. The van der Waals surface area contributed by atoms with Gasteiger partial charge in [-0.25, -0.2) is 14.4 Å². The van der Waals surface area contributed by atoms with E-state index < -0.39 is 0 Å². The van der Waals surface area contributed by atoms with Crippen LogP contribution in [-0.4, -0.2) is 23.1 Å². The van der Waals surface area contributed by atoms with Gasteiger partial charge >= 0.3 is 0 Å². The summed E-state index contributed by atoms with van der Waals surface area (Å²) in [7, 11) is 0. The SMILES string of the molecule is Cc1nc(-c2ccc(F)cc2)nc(C)c1C1CCCNC1. The maximum Gasteiger partial charge on any atom is 0.159 e. The van der Waals surface area contributed by atoms with Gasteiger partial charge in [0, 0.05) is 23.5 Å². The second kappa shape index (κ2) is 5.90. The van der Waals surface area contributed by atoms with Crippen molar-refractivity contribution in [1.82, 2.24) is 15.3 Å². The Balaban J connectivity index is 1.97. The van der Waals surface area contributed by atoms with E-state index in [1.54, 1.807) is 12.1 Å². The van der Waals surface area contributed by atoms with Gasteiger partial charge < -0.3 is 5.32 Å². The first kappa shape index (κ1) is 14.1. The van der Waals surface area contributed by atoms with Crippen LogP contribution in [0.25, 0.3) is 11.4 Å². The van der Waals surface area contributed by atoms with E-state index in [1.165, 1.54) is 30.5 Å². The molecule has 1 atom stereocenters. The molecule has 2 heterocycles. The molecular weight excluding hydrogens is 265 g/mol. The number of aryl methyl sites for hydroxylation is 2. The zero-order chi connectivity index (χ0) is 14.8. The Bertz CT molecular complexity index is 608. The molecule has 0 amide bonds. The van der Waals surface area contributed by atoms with Gasteiger partial charge in [0.2, 0.25) is 0 Å². The maximum absolute atomic E-state index is 13.0. The van der Waals surface area contributed by atoms with Crippen LogP contribution in [0.4, 0.5) is 4.39 Å². The summed E-state index contributed by atoms with van der Waals surface area (Å²) < 4.78 is 13.0. The van der Waals surface area contributed by atoms with Crippen LogP contribution in [0.2, 0.25) is 0 Å². The van der Waals surface area contributed by atoms with Crippen LogP contribution in [0.1, 0.15) is 35.7 Å². The minimum atomic E-state index is -0.239. The van der Waals surface area contributed by atoms with Crippen LogP contribution in [0.5, 0.6) is 0 Å². The fourth-order valence-electron chi connectivity index (χ4n) is 3.14. The molecule has 21 heavy (non-hydrogen) atoms. The van der Waals surface area contributed by atoms with Crippen molar-refractivity contribution in [3.8, 4) is 11.4 Å². The van der Waals surface area contributed by atoms with E-state index in [2.05, 4.69) is 15.3 Å². The molecule has 1 saturated heterocycles. The molecule has 0 spiro atoms. The second-order valence-corrected chi connectivity index (χ2v) is 5.68. The van der Waals surface area contributed by atoms with Gasteiger partial charge in [-0.15, -0.1) is 0 Å². The molecule has 0 aliphatic carbocycles. The molecule has 4 heteroatoms. The van der Waals surface area contributed by atoms with Crippen LogP contribution in [0.15, 0.2) is 24.3 Å². The molecule has 2 aromatic rings. The highest BCUT2D eigenvalue weighted by Gasteiger charge is 2.21. The molecule has 1 N–H and O–H groups in total. The van der Waals surface area contributed by atoms with Crippen LogP contribution < -0.4 is 5.32 Å². The smallest absolute Gasteiger partial charge is 0.159 e. The van der Waals surface area contributed by atoms with Gasteiger partial charge in [-0.1, -0.05) is 0 Å². The molecule has 110 valence electrons. The zero-order valence-electron chi connectivity index (χ0n) is 12.5. The minimum absolute atomic E-state index is 0.239. The first-order chi connectivity index (χ1) is 10.1. The van der Waals surface area contributed by atoms with E-state index in [0.29, 0.717) is 11.7 Å². The highest BCUT2D eigenvalue weighted by molar-refractivity contribution is 5.55. The van der Waals surface area contributed by atoms with Gasteiger partial charge in [0.25, 0.3) is 0 Å². The Labute approximate surface area is 124 Å². The predicted molar refractivity (Wildman–Crippen MR) is 81.7 cm³/mol. The largest absolute Gasteiger partial charge is 0.316 e. The van der Waals surface area contributed by atoms with E-state index in [9.17, 15) is 4.39 Å². The van der Waals surface area contributed by atoms with E-state index in [4.69, 9.17) is 0 Å². The van der Waals surface area contributed by atoms with Gasteiger partial charge in [0.15, 0.2) is 5.82 Å². The van der Waals surface area contributed by atoms with Crippen molar-refractivity contribution >= 4 is 0 Å². The highest BCUT2D eigenvalue weighted by Crippen LogP contribution is 2.29. The predicted octanol–water partition coefficient (Wildman–Crippen LogP) is 3.37. The molecule has 3 nitrogen and oxygen atoms in total. The van der Waals surface area contributed by atoms with Crippen molar-refractivity contribution in [3.05, 3.63) is 47.0 Å². The van der Waals surface area contributed by atoms with Crippen molar-refractivity contribution in [2.45, 2.75) is 32.6 Å². The van der Waals surface area contributed by atoms with Crippen molar-refractivity contribution < 1.29 is 4.39 Å². The molecule has 1 aliphatic rings. The molecule has 1 fully saturated rings. The Morgan fingerprint density at radius 3 is 2.33 bits per heavy atom. The maximum atomic E-state index is 13.0. The third kappa shape index (κ3) is 2.95. The topological polar surface area (TPSA) is 37.8 Å². The van der Waals surface area contributed by atoms with E-state index in [1.807, 2.05) is 13.8 Å². The number of hydrogen-bond acceptors (Lipinski definition) is 3. The van der Waals surface area contributed by atoms with Gasteiger partial charge in [0.1, 0.15) is 5.82 Å².